The summed E-state index contributed by atoms with van der Waals surface area (Å²) in [5.74, 6) is -0.823. The minimum atomic E-state index is -2.04. The van der Waals surface area contributed by atoms with Crippen molar-refractivity contribution in [3.63, 3.8) is 0 Å². The van der Waals surface area contributed by atoms with E-state index in [1.165, 1.54) is 13.8 Å². The zero-order valence-corrected chi connectivity index (χ0v) is 30.9. The Morgan fingerprint density at radius 3 is 1.42 bits per heavy atom. The number of ether oxygens (including phenoxy) is 9. The highest BCUT2D eigenvalue weighted by atomic mass is 16.8. The standard InChI is InChI=1S/C32H55NO24/c1-7-14(38)18(42)21(45)30(49-7)54-24-12(6-36)53-29(56-26-17(41)11(5-35)51-28(48)23(26)47)13(33-9(3)37)25(24)55-32-27(20(44)16(40)10(4-34)52-32)57-31-22(46)19(43)15(39)8(2)50-31/h7-8,10-32,34-36,38-48H,4-6H2,1-3H3,(H,33,37)/t7?,8?,10?,11?,12?,13?,14?,15?,16-,17-,18?,19?,20-,21?,22?,23?,24+,25+,26-,27?,28?,29?,30?,31?,32?/m0/s1. The summed E-state index contributed by atoms with van der Waals surface area (Å²) in [5, 5.41) is 150. The van der Waals surface area contributed by atoms with Crippen molar-refractivity contribution in [1.29, 1.82) is 0 Å². The van der Waals surface area contributed by atoms with Gasteiger partial charge in [-0.3, -0.25) is 4.79 Å². The minimum Gasteiger partial charge on any atom is -0.394 e. The molecule has 1 amide bonds. The van der Waals surface area contributed by atoms with E-state index < -0.39 is 179 Å². The molecule has 0 bridgehead atoms. The largest absolute Gasteiger partial charge is 0.394 e. The van der Waals surface area contributed by atoms with Crippen molar-refractivity contribution in [2.45, 2.75) is 174 Å². The van der Waals surface area contributed by atoms with Crippen molar-refractivity contribution in [3.8, 4) is 0 Å². The first-order chi connectivity index (χ1) is 26.8. The normalized spacial score (nSPS) is 52.3. The van der Waals surface area contributed by atoms with Crippen LogP contribution in [-0.2, 0) is 47.4 Å². The van der Waals surface area contributed by atoms with Crippen molar-refractivity contribution in [2.75, 3.05) is 19.8 Å². The molecule has 19 unspecified atom stereocenters. The molecule has 5 aliphatic rings. The Bertz CT molecular complexity index is 1290. The van der Waals surface area contributed by atoms with Crippen LogP contribution in [-0.4, -0.2) is 251 Å². The topological polar surface area (TPSA) is 395 Å². The summed E-state index contributed by atoms with van der Waals surface area (Å²) >= 11 is 0. The molecule has 0 aromatic carbocycles. The van der Waals surface area contributed by atoms with Gasteiger partial charge in [0.25, 0.3) is 0 Å². The lowest BCUT2D eigenvalue weighted by Gasteiger charge is -2.52. The molecule has 25 heteroatoms. The van der Waals surface area contributed by atoms with Gasteiger partial charge in [-0.05, 0) is 13.8 Å². The van der Waals surface area contributed by atoms with Crippen molar-refractivity contribution in [3.05, 3.63) is 0 Å². The zero-order chi connectivity index (χ0) is 42.2. The molecule has 0 saturated carbocycles. The van der Waals surface area contributed by atoms with Crippen molar-refractivity contribution >= 4 is 5.91 Å². The quantitative estimate of drug-likeness (QED) is 0.0867. The smallest absolute Gasteiger partial charge is 0.217 e. The predicted octanol–water partition coefficient (Wildman–Crippen LogP) is -9.73. The SMILES string of the molecule is CC(=O)NC1C(O[C@@H]2C(O)C(O)OC(CO)[C@@H]2O)OC(CO)[C@@H](OC2OC(C)C(O)C(O)C2O)[C@@H]1OC1OC(CO)[C@H](O)[C@H](O)C1OC1OC(C)C(O)C(O)C1O. The van der Waals surface area contributed by atoms with E-state index >= 15 is 0 Å². The molecular weight excluding hydrogens is 782 g/mol. The minimum absolute atomic E-state index is 0.823. The first kappa shape index (κ1) is 46.6. The third-order valence-corrected chi connectivity index (χ3v) is 10.6. The molecule has 57 heavy (non-hydrogen) atoms. The van der Waals surface area contributed by atoms with E-state index in [2.05, 4.69) is 5.32 Å². The van der Waals surface area contributed by atoms with Crippen molar-refractivity contribution in [2.24, 2.45) is 0 Å². The van der Waals surface area contributed by atoms with Crippen LogP contribution in [0.25, 0.3) is 0 Å². The number of amides is 1. The van der Waals surface area contributed by atoms with Crippen LogP contribution in [0.2, 0.25) is 0 Å². The van der Waals surface area contributed by atoms with Crippen LogP contribution >= 0.6 is 0 Å². The number of hydrogen-bond acceptors (Lipinski definition) is 24. The summed E-state index contributed by atoms with van der Waals surface area (Å²) < 4.78 is 51.9. The van der Waals surface area contributed by atoms with Gasteiger partial charge in [0.2, 0.25) is 5.91 Å². The summed E-state index contributed by atoms with van der Waals surface area (Å²) in [6.45, 7) is 0.922. The van der Waals surface area contributed by atoms with Crippen LogP contribution in [0.5, 0.6) is 0 Å². The molecule has 0 aliphatic carbocycles. The fraction of sp³-hybridized carbons (Fsp3) is 0.969. The van der Waals surface area contributed by atoms with Crippen molar-refractivity contribution < 1.29 is 119 Å². The van der Waals surface area contributed by atoms with E-state index in [-0.39, 0.29) is 0 Å². The fourth-order valence-electron chi connectivity index (χ4n) is 7.29. The van der Waals surface area contributed by atoms with Gasteiger partial charge in [0.1, 0.15) is 110 Å². The van der Waals surface area contributed by atoms with Gasteiger partial charge >= 0.3 is 0 Å². The number of hydrogen-bond donors (Lipinski definition) is 15. The lowest BCUT2D eigenvalue weighted by molar-refractivity contribution is -0.397. The second-order valence-electron chi connectivity index (χ2n) is 14.7. The third-order valence-electron chi connectivity index (χ3n) is 10.6. The highest BCUT2D eigenvalue weighted by Crippen LogP contribution is 2.37. The first-order valence-electron chi connectivity index (χ1n) is 18.3. The molecule has 5 saturated heterocycles. The molecule has 25 atom stereocenters. The molecule has 0 aromatic rings. The maximum absolute atomic E-state index is 12.8. The summed E-state index contributed by atoms with van der Waals surface area (Å²) in [5.41, 5.74) is 0. The molecule has 332 valence electrons. The Balaban J connectivity index is 1.56. The van der Waals surface area contributed by atoms with Crippen LogP contribution < -0.4 is 5.32 Å². The average molecular weight is 838 g/mol. The van der Waals surface area contributed by atoms with Gasteiger partial charge in [0.15, 0.2) is 31.5 Å². The molecule has 0 radical (unpaired) electrons. The lowest BCUT2D eigenvalue weighted by Crippen LogP contribution is -2.71. The Kier molecular flexibility index (Phi) is 16.0. The van der Waals surface area contributed by atoms with Gasteiger partial charge in [-0.25, -0.2) is 0 Å². The van der Waals surface area contributed by atoms with E-state index in [4.69, 9.17) is 42.6 Å². The number of rotatable bonds is 12. The van der Waals surface area contributed by atoms with Gasteiger partial charge in [-0.15, -0.1) is 0 Å². The number of carbonyl (C=O) groups is 1. The second kappa shape index (κ2) is 19.5. The van der Waals surface area contributed by atoms with Gasteiger partial charge < -0.3 is 119 Å². The van der Waals surface area contributed by atoms with E-state index in [0.717, 1.165) is 6.92 Å². The van der Waals surface area contributed by atoms with Gasteiger partial charge in [0, 0.05) is 6.92 Å². The van der Waals surface area contributed by atoms with Gasteiger partial charge in [-0.1, -0.05) is 0 Å². The van der Waals surface area contributed by atoms with Crippen molar-refractivity contribution in [1.82, 2.24) is 5.32 Å². The van der Waals surface area contributed by atoms with Crippen LogP contribution in [0.15, 0.2) is 0 Å². The molecule has 5 heterocycles. The highest BCUT2D eigenvalue weighted by molar-refractivity contribution is 5.73. The van der Waals surface area contributed by atoms with E-state index in [1.54, 1.807) is 0 Å². The summed E-state index contributed by atoms with van der Waals surface area (Å²) in [6, 6.07) is -1.73. The van der Waals surface area contributed by atoms with E-state index in [0.29, 0.717) is 0 Å². The number of aliphatic hydroxyl groups excluding tert-OH is 14. The molecule has 0 aromatic heterocycles. The molecular formula is C32H55NO24. The van der Waals surface area contributed by atoms with Crippen LogP contribution in [0.1, 0.15) is 20.8 Å². The molecule has 25 nitrogen and oxygen atoms in total. The second-order valence-corrected chi connectivity index (χ2v) is 14.7. The molecule has 0 spiro atoms. The Morgan fingerprint density at radius 2 is 0.912 bits per heavy atom. The lowest BCUT2D eigenvalue weighted by atomic mass is 9.93. The molecule has 15 N–H and O–H groups in total. The third kappa shape index (κ3) is 9.71. The van der Waals surface area contributed by atoms with Crippen LogP contribution in [0, 0.1) is 0 Å². The monoisotopic (exact) mass is 837 g/mol. The Morgan fingerprint density at radius 1 is 0.456 bits per heavy atom. The van der Waals surface area contributed by atoms with E-state index in [9.17, 15) is 76.3 Å². The number of aliphatic hydroxyl groups is 14. The molecule has 5 aliphatic heterocycles. The highest BCUT2D eigenvalue weighted by Gasteiger charge is 2.58. The molecule has 5 fully saturated rings. The summed E-state index contributed by atoms with van der Waals surface area (Å²) in [6.07, 6.45) is -42.6. The van der Waals surface area contributed by atoms with Crippen LogP contribution in [0.4, 0.5) is 0 Å². The maximum Gasteiger partial charge on any atom is 0.217 e. The summed E-state index contributed by atoms with van der Waals surface area (Å²) in [7, 11) is 0. The predicted molar refractivity (Wildman–Crippen MR) is 175 cm³/mol. The fourth-order valence-corrected chi connectivity index (χ4v) is 7.29. The first-order valence-corrected chi connectivity index (χ1v) is 18.3. The average Bonchev–Trinajstić information content (AvgIpc) is 3.18. The van der Waals surface area contributed by atoms with Gasteiger partial charge in [-0.2, -0.15) is 0 Å². The summed E-state index contributed by atoms with van der Waals surface area (Å²) in [4.78, 5) is 12.8. The number of carbonyl (C=O) groups excluding carboxylic acids is 1. The van der Waals surface area contributed by atoms with Crippen LogP contribution in [0.3, 0.4) is 0 Å². The van der Waals surface area contributed by atoms with E-state index in [1.807, 2.05) is 0 Å². The maximum atomic E-state index is 12.8. The Hall–Kier alpha value is -1.45. The number of nitrogens with one attached hydrogen (secondary N) is 1. The zero-order valence-electron chi connectivity index (χ0n) is 30.9. The van der Waals surface area contributed by atoms with Gasteiger partial charge in [0.05, 0.1) is 32.0 Å². The molecule has 5 rings (SSSR count). The Labute approximate surface area is 324 Å².